The Bertz CT molecular complexity index is 460. The summed E-state index contributed by atoms with van der Waals surface area (Å²) in [5.74, 6) is -0.544. The molecule has 2 rings (SSSR count). The first kappa shape index (κ1) is 15.9. The minimum Gasteiger partial charge on any atom is -0.480 e. The van der Waals surface area contributed by atoms with Gasteiger partial charge in [0.2, 0.25) is 0 Å². The van der Waals surface area contributed by atoms with Crippen LogP contribution in [0.15, 0.2) is 30.3 Å². The van der Waals surface area contributed by atoms with Crippen LogP contribution in [0.5, 0.6) is 0 Å². The second-order valence-corrected chi connectivity index (χ2v) is 5.92. The molecule has 2 atom stereocenters. The number of rotatable bonds is 6. The lowest BCUT2D eigenvalue weighted by molar-refractivity contribution is -0.144. The normalized spacial score (nSPS) is 22.0. The zero-order valence-corrected chi connectivity index (χ0v) is 12.5. The maximum atomic E-state index is 11.7. The van der Waals surface area contributed by atoms with E-state index in [-0.39, 0.29) is 6.54 Å². The lowest BCUT2D eigenvalue weighted by Crippen LogP contribution is -2.53. The fourth-order valence-electron chi connectivity index (χ4n) is 2.90. The van der Waals surface area contributed by atoms with Crippen LogP contribution in [-0.2, 0) is 15.1 Å². The van der Waals surface area contributed by atoms with E-state index in [1.807, 2.05) is 30.1 Å². The van der Waals surface area contributed by atoms with E-state index in [4.69, 9.17) is 10.5 Å². The number of carboxylic acid groups (broad SMARTS) is 1. The van der Waals surface area contributed by atoms with Gasteiger partial charge in [-0.05, 0) is 31.4 Å². The SMILES string of the molecule is CN(CC1CCCOC1)CC(N)(C(=O)O)c1ccccc1. The molecule has 116 valence electrons. The van der Waals surface area contributed by atoms with Gasteiger partial charge in [0.1, 0.15) is 0 Å². The molecule has 5 heteroatoms. The molecule has 1 aromatic rings. The van der Waals surface area contributed by atoms with Crippen molar-refractivity contribution in [2.24, 2.45) is 11.7 Å². The summed E-state index contributed by atoms with van der Waals surface area (Å²) in [5, 5.41) is 9.56. The fraction of sp³-hybridized carbons (Fsp3) is 0.562. The fourth-order valence-corrected chi connectivity index (χ4v) is 2.90. The quantitative estimate of drug-likeness (QED) is 0.826. The average Bonchev–Trinajstić information content (AvgIpc) is 2.48. The second-order valence-electron chi connectivity index (χ2n) is 5.92. The van der Waals surface area contributed by atoms with Crippen LogP contribution >= 0.6 is 0 Å². The van der Waals surface area contributed by atoms with Crippen LogP contribution in [0.2, 0.25) is 0 Å². The summed E-state index contributed by atoms with van der Waals surface area (Å²) in [6.07, 6.45) is 2.20. The van der Waals surface area contributed by atoms with Crippen LogP contribution in [0.1, 0.15) is 18.4 Å². The van der Waals surface area contributed by atoms with E-state index in [1.165, 1.54) is 0 Å². The Morgan fingerprint density at radius 2 is 2.19 bits per heavy atom. The van der Waals surface area contributed by atoms with Gasteiger partial charge in [-0.15, -0.1) is 0 Å². The molecule has 0 amide bonds. The van der Waals surface area contributed by atoms with Crippen LogP contribution in [0.25, 0.3) is 0 Å². The molecule has 0 spiro atoms. The molecule has 1 aliphatic heterocycles. The molecule has 0 aromatic heterocycles. The van der Waals surface area contributed by atoms with Crippen molar-refractivity contribution < 1.29 is 14.6 Å². The zero-order valence-electron chi connectivity index (χ0n) is 12.5. The number of benzene rings is 1. The van der Waals surface area contributed by atoms with Crippen molar-refractivity contribution in [3.8, 4) is 0 Å². The van der Waals surface area contributed by atoms with Gasteiger partial charge in [0.25, 0.3) is 0 Å². The van der Waals surface area contributed by atoms with Gasteiger partial charge in [-0.3, -0.25) is 0 Å². The third-order valence-corrected chi connectivity index (χ3v) is 4.01. The van der Waals surface area contributed by atoms with E-state index in [0.717, 1.165) is 32.6 Å². The predicted octanol–water partition coefficient (Wildman–Crippen LogP) is 1.28. The highest BCUT2D eigenvalue weighted by Gasteiger charge is 2.37. The number of hydrogen-bond acceptors (Lipinski definition) is 4. The molecular formula is C16H24N2O3. The van der Waals surface area contributed by atoms with Gasteiger partial charge in [-0.2, -0.15) is 0 Å². The van der Waals surface area contributed by atoms with E-state index in [1.54, 1.807) is 12.1 Å². The Labute approximate surface area is 125 Å². The highest BCUT2D eigenvalue weighted by molar-refractivity contribution is 5.80. The number of likely N-dealkylation sites (N-methyl/N-ethyl adjacent to an activating group) is 1. The molecule has 5 nitrogen and oxygen atoms in total. The van der Waals surface area contributed by atoms with Crippen molar-refractivity contribution in [2.75, 3.05) is 33.4 Å². The number of nitrogens with two attached hydrogens (primary N) is 1. The van der Waals surface area contributed by atoms with Gasteiger partial charge >= 0.3 is 5.97 Å². The Morgan fingerprint density at radius 1 is 1.48 bits per heavy atom. The highest BCUT2D eigenvalue weighted by Crippen LogP contribution is 2.21. The van der Waals surface area contributed by atoms with Gasteiger partial charge in [0.05, 0.1) is 6.61 Å². The predicted molar refractivity (Wildman–Crippen MR) is 81.0 cm³/mol. The Hall–Kier alpha value is -1.43. The van der Waals surface area contributed by atoms with Gasteiger partial charge in [-0.25, -0.2) is 4.79 Å². The monoisotopic (exact) mass is 292 g/mol. The zero-order chi connectivity index (χ0) is 15.3. The first-order valence-electron chi connectivity index (χ1n) is 7.36. The largest absolute Gasteiger partial charge is 0.480 e. The summed E-state index contributed by atoms with van der Waals surface area (Å²) >= 11 is 0. The van der Waals surface area contributed by atoms with Crippen molar-refractivity contribution in [1.29, 1.82) is 0 Å². The minimum absolute atomic E-state index is 0.281. The third kappa shape index (κ3) is 4.03. The van der Waals surface area contributed by atoms with Crippen LogP contribution in [0, 0.1) is 5.92 Å². The molecule has 0 aliphatic carbocycles. The molecule has 0 radical (unpaired) electrons. The van der Waals surface area contributed by atoms with Crippen LogP contribution in [-0.4, -0.2) is 49.3 Å². The minimum atomic E-state index is -1.38. The van der Waals surface area contributed by atoms with E-state index in [2.05, 4.69) is 0 Å². The van der Waals surface area contributed by atoms with Crippen molar-refractivity contribution in [1.82, 2.24) is 4.90 Å². The van der Waals surface area contributed by atoms with Crippen LogP contribution in [0.3, 0.4) is 0 Å². The summed E-state index contributed by atoms with van der Waals surface area (Å²) < 4.78 is 5.47. The summed E-state index contributed by atoms with van der Waals surface area (Å²) in [6.45, 7) is 2.67. The first-order chi connectivity index (χ1) is 10.0. The molecule has 1 aromatic carbocycles. The maximum absolute atomic E-state index is 11.7. The Morgan fingerprint density at radius 3 is 2.76 bits per heavy atom. The van der Waals surface area contributed by atoms with Crippen molar-refractivity contribution in [3.63, 3.8) is 0 Å². The Balaban J connectivity index is 2.03. The van der Waals surface area contributed by atoms with Gasteiger partial charge in [-0.1, -0.05) is 30.3 Å². The number of carbonyl (C=O) groups is 1. The summed E-state index contributed by atoms with van der Waals surface area (Å²) in [6, 6.07) is 9.02. The summed E-state index contributed by atoms with van der Waals surface area (Å²) in [7, 11) is 1.92. The molecule has 1 heterocycles. The second kappa shape index (κ2) is 7.02. The van der Waals surface area contributed by atoms with Crippen LogP contribution in [0.4, 0.5) is 0 Å². The Kier molecular flexibility index (Phi) is 5.33. The number of carboxylic acids is 1. The molecule has 1 fully saturated rings. The number of aliphatic carboxylic acids is 1. The average molecular weight is 292 g/mol. The maximum Gasteiger partial charge on any atom is 0.329 e. The molecule has 0 saturated carbocycles. The number of hydrogen-bond donors (Lipinski definition) is 2. The summed E-state index contributed by atoms with van der Waals surface area (Å²) in [4.78, 5) is 13.7. The molecule has 0 bridgehead atoms. The van der Waals surface area contributed by atoms with E-state index in [9.17, 15) is 9.90 Å². The number of nitrogens with zero attached hydrogens (tertiary/aromatic N) is 1. The lowest BCUT2D eigenvalue weighted by Gasteiger charge is -2.33. The van der Waals surface area contributed by atoms with Crippen LogP contribution < -0.4 is 5.73 Å². The molecule has 21 heavy (non-hydrogen) atoms. The topological polar surface area (TPSA) is 75.8 Å². The van der Waals surface area contributed by atoms with Gasteiger partial charge < -0.3 is 20.5 Å². The molecule has 2 unspecified atom stereocenters. The van der Waals surface area contributed by atoms with Crippen molar-refractivity contribution >= 4 is 5.97 Å². The lowest BCUT2D eigenvalue weighted by atomic mass is 9.90. The summed E-state index contributed by atoms with van der Waals surface area (Å²) in [5.41, 5.74) is 5.44. The molecular weight excluding hydrogens is 268 g/mol. The van der Waals surface area contributed by atoms with E-state index >= 15 is 0 Å². The van der Waals surface area contributed by atoms with E-state index < -0.39 is 11.5 Å². The van der Waals surface area contributed by atoms with Gasteiger partial charge in [0, 0.05) is 19.7 Å². The molecule has 1 aliphatic rings. The third-order valence-electron chi connectivity index (χ3n) is 4.01. The molecule has 3 N–H and O–H groups in total. The standard InChI is InChI=1S/C16H24N2O3/c1-18(10-13-6-5-9-21-11-13)12-16(17,15(19)20)14-7-3-2-4-8-14/h2-4,7-8,13H,5-6,9-12,17H2,1H3,(H,19,20). The van der Waals surface area contributed by atoms with E-state index in [0.29, 0.717) is 11.5 Å². The smallest absolute Gasteiger partial charge is 0.329 e. The van der Waals surface area contributed by atoms with Gasteiger partial charge in [0.15, 0.2) is 5.54 Å². The number of ether oxygens (including phenoxy) is 1. The highest BCUT2D eigenvalue weighted by atomic mass is 16.5. The van der Waals surface area contributed by atoms with Crippen molar-refractivity contribution in [2.45, 2.75) is 18.4 Å². The van der Waals surface area contributed by atoms with Crippen molar-refractivity contribution in [3.05, 3.63) is 35.9 Å². The molecule has 1 saturated heterocycles. The first-order valence-corrected chi connectivity index (χ1v) is 7.36.